The van der Waals surface area contributed by atoms with Crippen molar-refractivity contribution in [3.05, 3.63) is 12.7 Å². The van der Waals surface area contributed by atoms with Crippen LogP contribution in [0.5, 0.6) is 0 Å². The van der Waals surface area contributed by atoms with E-state index in [1.54, 1.807) is 0 Å². The molecule has 0 aliphatic heterocycles. The van der Waals surface area contributed by atoms with Crippen molar-refractivity contribution in [3.8, 4) is 0 Å². The van der Waals surface area contributed by atoms with Crippen molar-refractivity contribution < 1.29 is 18.9 Å². The van der Waals surface area contributed by atoms with Gasteiger partial charge in [0.05, 0.1) is 5.60 Å². The number of phosphoric acid groups is 1. The van der Waals surface area contributed by atoms with Crippen molar-refractivity contribution in [2.24, 2.45) is 0 Å². The lowest BCUT2D eigenvalue weighted by atomic mass is 10.1. The van der Waals surface area contributed by atoms with Crippen LogP contribution in [0.1, 0.15) is 13.8 Å². The van der Waals surface area contributed by atoms with Gasteiger partial charge in [-0.25, -0.2) is 4.57 Å². The SMILES string of the molecule is C=CC(C)(C)OP(=O)(O)O. The molecule has 0 rings (SSSR count). The van der Waals surface area contributed by atoms with E-state index >= 15 is 0 Å². The highest BCUT2D eigenvalue weighted by Gasteiger charge is 2.25. The maximum absolute atomic E-state index is 10.2. The second kappa shape index (κ2) is 2.84. The molecule has 0 aromatic carbocycles. The van der Waals surface area contributed by atoms with Gasteiger partial charge in [-0.15, -0.1) is 6.58 Å². The van der Waals surface area contributed by atoms with Crippen LogP contribution in [0.4, 0.5) is 0 Å². The van der Waals surface area contributed by atoms with E-state index < -0.39 is 13.4 Å². The third-order valence-electron chi connectivity index (χ3n) is 0.846. The smallest absolute Gasteiger partial charge is 0.303 e. The van der Waals surface area contributed by atoms with Crippen molar-refractivity contribution in [2.45, 2.75) is 19.4 Å². The minimum atomic E-state index is -4.38. The van der Waals surface area contributed by atoms with Gasteiger partial charge in [0.15, 0.2) is 0 Å². The highest BCUT2D eigenvalue weighted by molar-refractivity contribution is 7.46. The second-order valence-electron chi connectivity index (χ2n) is 2.39. The first-order chi connectivity index (χ1) is 4.27. The summed E-state index contributed by atoms with van der Waals surface area (Å²) in [5.74, 6) is 0. The predicted octanol–water partition coefficient (Wildman–Crippen LogP) is 1.06. The van der Waals surface area contributed by atoms with Gasteiger partial charge in [-0.2, -0.15) is 0 Å². The molecule has 4 nitrogen and oxygen atoms in total. The highest BCUT2D eigenvalue weighted by atomic mass is 31.2. The zero-order chi connectivity index (χ0) is 8.41. The monoisotopic (exact) mass is 166 g/mol. The summed E-state index contributed by atoms with van der Waals surface area (Å²) >= 11 is 0. The van der Waals surface area contributed by atoms with Gasteiger partial charge in [0.1, 0.15) is 0 Å². The fraction of sp³-hybridized carbons (Fsp3) is 0.600. The normalized spacial score (nSPS) is 13.2. The molecule has 0 aliphatic carbocycles. The third kappa shape index (κ3) is 4.70. The number of hydrogen-bond donors (Lipinski definition) is 2. The molecule has 5 heteroatoms. The fourth-order valence-corrected chi connectivity index (χ4v) is 1.03. The van der Waals surface area contributed by atoms with E-state index in [4.69, 9.17) is 9.79 Å². The van der Waals surface area contributed by atoms with Crippen LogP contribution in [0.2, 0.25) is 0 Å². The second-order valence-corrected chi connectivity index (χ2v) is 3.55. The Kier molecular flexibility index (Phi) is 2.80. The van der Waals surface area contributed by atoms with Gasteiger partial charge in [0, 0.05) is 0 Å². The fourth-order valence-electron chi connectivity index (χ4n) is 0.344. The van der Waals surface area contributed by atoms with Crippen LogP contribution in [0.3, 0.4) is 0 Å². The first kappa shape index (κ1) is 9.85. The standard InChI is InChI=1S/C5H11O4P/c1-4-5(2,3)9-10(6,7)8/h4H,1H2,2-3H3,(H2,6,7,8). The largest absolute Gasteiger partial charge is 0.470 e. The first-order valence-electron chi connectivity index (χ1n) is 2.67. The Morgan fingerprint density at radius 2 is 2.00 bits per heavy atom. The predicted molar refractivity (Wildman–Crippen MR) is 37.4 cm³/mol. The summed E-state index contributed by atoms with van der Waals surface area (Å²) in [5, 5.41) is 0. The lowest BCUT2D eigenvalue weighted by molar-refractivity contribution is 0.104. The molecule has 0 spiro atoms. The molecule has 0 unspecified atom stereocenters. The van der Waals surface area contributed by atoms with E-state index in [0.29, 0.717) is 0 Å². The molecule has 0 fully saturated rings. The molecule has 0 bridgehead atoms. The van der Waals surface area contributed by atoms with Gasteiger partial charge in [0.25, 0.3) is 0 Å². The van der Waals surface area contributed by atoms with Crippen LogP contribution < -0.4 is 0 Å². The van der Waals surface area contributed by atoms with Crippen LogP contribution in [0.25, 0.3) is 0 Å². The van der Waals surface area contributed by atoms with E-state index in [0.717, 1.165) is 0 Å². The highest BCUT2D eigenvalue weighted by Crippen LogP contribution is 2.41. The average Bonchev–Trinajstić information content (AvgIpc) is 1.60. The van der Waals surface area contributed by atoms with Gasteiger partial charge in [-0.05, 0) is 13.8 Å². The Morgan fingerprint density at radius 3 is 2.10 bits per heavy atom. The van der Waals surface area contributed by atoms with E-state index in [9.17, 15) is 4.57 Å². The lowest BCUT2D eigenvalue weighted by Gasteiger charge is -2.20. The minimum Gasteiger partial charge on any atom is -0.303 e. The van der Waals surface area contributed by atoms with Crippen molar-refractivity contribution in [2.75, 3.05) is 0 Å². The van der Waals surface area contributed by atoms with Crippen LogP contribution in [0.15, 0.2) is 12.7 Å². The Bertz CT molecular complexity index is 168. The molecular formula is C5H11O4P. The third-order valence-corrected chi connectivity index (χ3v) is 1.55. The van der Waals surface area contributed by atoms with Crippen LogP contribution >= 0.6 is 7.82 Å². The number of hydrogen-bond acceptors (Lipinski definition) is 2. The topological polar surface area (TPSA) is 66.8 Å². The summed E-state index contributed by atoms with van der Waals surface area (Å²) in [6, 6.07) is 0. The maximum Gasteiger partial charge on any atom is 0.470 e. The number of rotatable bonds is 3. The quantitative estimate of drug-likeness (QED) is 0.486. The molecule has 0 atom stereocenters. The zero-order valence-corrected chi connectivity index (χ0v) is 6.84. The van der Waals surface area contributed by atoms with Crippen molar-refractivity contribution in [1.82, 2.24) is 0 Å². The summed E-state index contributed by atoms with van der Waals surface area (Å²) < 4.78 is 14.6. The molecule has 0 aliphatic rings. The molecule has 0 saturated carbocycles. The summed E-state index contributed by atoms with van der Waals surface area (Å²) in [6.45, 7) is 6.37. The van der Waals surface area contributed by atoms with Gasteiger partial charge < -0.3 is 9.79 Å². The molecule has 0 aromatic heterocycles. The van der Waals surface area contributed by atoms with Gasteiger partial charge in [-0.3, -0.25) is 4.52 Å². The molecule has 0 amide bonds. The van der Waals surface area contributed by atoms with Crippen molar-refractivity contribution in [1.29, 1.82) is 0 Å². The van der Waals surface area contributed by atoms with Crippen molar-refractivity contribution in [3.63, 3.8) is 0 Å². The van der Waals surface area contributed by atoms with E-state index in [1.807, 2.05) is 0 Å². The summed E-state index contributed by atoms with van der Waals surface area (Å²) in [7, 11) is -4.38. The molecule has 2 N–H and O–H groups in total. The Hall–Kier alpha value is -0.150. The first-order valence-corrected chi connectivity index (χ1v) is 4.20. The van der Waals surface area contributed by atoms with Gasteiger partial charge >= 0.3 is 7.82 Å². The van der Waals surface area contributed by atoms with Crippen molar-refractivity contribution >= 4 is 7.82 Å². The molecule has 60 valence electrons. The van der Waals surface area contributed by atoms with E-state index in [-0.39, 0.29) is 0 Å². The van der Waals surface area contributed by atoms with Crippen LogP contribution in [-0.2, 0) is 9.09 Å². The van der Waals surface area contributed by atoms with E-state index in [1.165, 1.54) is 19.9 Å². The minimum absolute atomic E-state index is 0.973. The molecule has 0 aromatic rings. The molecule has 10 heavy (non-hydrogen) atoms. The Balaban J connectivity index is 4.15. The van der Waals surface area contributed by atoms with Gasteiger partial charge in [-0.1, -0.05) is 6.08 Å². The zero-order valence-electron chi connectivity index (χ0n) is 5.94. The molecular weight excluding hydrogens is 155 g/mol. The number of phosphoric ester groups is 1. The lowest BCUT2D eigenvalue weighted by Crippen LogP contribution is -2.18. The van der Waals surface area contributed by atoms with Gasteiger partial charge in [0.2, 0.25) is 0 Å². The molecule has 0 heterocycles. The summed E-state index contributed by atoms with van der Waals surface area (Å²) in [6.07, 6.45) is 1.33. The summed E-state index contributed by atoms with van der Waals surface area (Å²) in [4.78, 5) is 16.7. The maximum atomic E-state index is 10.2. The molecule has 0 radical (unpaired) electrons. The molecule has 0 saturated heterocycles. The Labute approximate surface area is 59.8 Å². The summed E-state index contributed by atoms with van der Waals surface area (Å²) in [5.41, 5.74) is -0.973. The Morgan fingerprint density at radius 1 is 1.60 bits per heavy atom. The van der Waals surface area contributed by atoms with E-state index in [2.05, 4.69) is 11.1 Å². The average molecular weight is 166 g/mol. The van der Waals surface area contributed by atoms with Crippen LogP contribution in [0, 0.1) is 0 Å². The van der Waals surface area contributed by atoms with Crippen LogP contribution in [-0.4, -0.2) is 15.4 Å².